The SMILES string of the molecule is C[C@H](NC(=O)c1cccc([N+](=O)[O-])c1)C(=O)Nc1ccc2c(c1)-c1ccccc1C2. The van der Waals surface area contributed by atoms with Crippen LogP contribution in [0.5, 0.6) is 0 Å². The third kappa shape index (κ3) is 3.77. The van der Waals surface area contributed by atoms with Gasteiger partial charge >= 0.3 is 0 Å². The first-order chi connectivity index (χ1) is 14.4. The van der Waals surface area contributed by atoms with E-state index in [4.69, 9.17) is 0 Å². The quantitative estimate of drug-likeness (QED) is 0.391. The molecule has 0 radical (unpaired) electrons. The van der Waals surface area contributed by atoms with Crippen LogP contribution < -0.4 is 10.6 Å². The Labute approximate surface area is 172 Å². The van der Waals surface area contributed by atoms with Crippen LogP contribution in [0.1, 0.15) is 28.4 Å². The largest absolute Gasteiger partial charge is 0.341 e. The first kappa shape index (κ1) is 19.3. The molecule has 4 rings (SSSR count). The Balaban J connectivity index is 1.44. The van der Waals surface area contributed by atoms with E-state index in [1.54, 1.807) is 6.92 Å². The van der Waals surface area contributed by atoms with E-state index in [-0.39, 0.29) is 17.2 Å². The minimum atomic E-state index is -0.822. The van der Waals surface area contributed by atoms with Crippen LogP contribution in [-0.2, 0) is 11.2 Å². The summed E-state index contributed by atoms with van der Waals surface area (Å²) < 4.78 is 0. The molecule has 150 valence electrons. The summed E-state index contributed by atoms with van der Waals surface area (Å²) in [6, 6.07) is 18.5. The van der Waals surface area contributed by atoms with Gasteiger partial charge in [-0.2, -0.15) is 0 Å². The van der Waals surface area contributed by atoms with E-state index in [0.717, 1.165) is 17.5 Å². The first-order valence-corrected chi connectivity index (χ1v) is 9.50. The summed E-state index contributed by atoms with van der Waals surface area (Å²) in [5, 5.41) is 16.3. The molecule has 30 heavy (non-hydrogen) atoms. The third-order valence-corrected chi connectivity index (χ3v) is 5.13. The minimum absolute atomic E-state index is 0.123. The zero-order valence-corrected chi connectivity index (χ0v) is 16.2. The van der Waals surface area contributed by atoms with Crippen molar-refractivity contribution in [2.24, 2.45) is 0 Å². The molecule has 0 fully saturated rings. The smallest absolute Gasteiger partial charge is 0.270 e. The number of amides is 2. The molecule has 0 aliphatic heterocycles. The molecule has 1 aliphatic rings. The topological polar surface area (TPSA) is 101 Å². The molecule has 7 heteroatoms. The Morgan fingerprint density at radius 3 is 2.53 bits per heavy atom. The van der Waals surface area contributed by atoms with Gasteiger partial charge in [0, 0.05) is 23.4 Å². The van der Waals surface area contributed by atoms with Crippen molar-refractivity contribution in [3.8, 4) is 11.1 Å². The summed E-state index contributed by atoms with van der Waals surface area (Å²) in [6.45, 7) is 1.56. The van der Waals surface area contributed by atoms with Crippen molar-refractivity contribution in [2.45, 2.75) is 19.4 Å². The van der Waals surface area contributed by atoms with Crippen molar-refractivity contribution in [1.82, 2.24) is 5.32 Å². The maximum atomic E-state index is 12.6. The van der Waals surface area contributed by atoms with Crippen LogP contribution >= 0.6 is 0 Å². The highest BCUT2D eigenvalue weighted by Gasteiger charge is 2.21. The number of nitro groups is 1. The van der Waals surface area contributed by atoms with E-state index >= 15 is 0 Å². The fourth-order valence-corrected chi connectivity index (χ4v) is 3.56. The van der Waals surface area contributed by atoms with Crippen LogP contribution in [-0.4, -0.2) is 22.8 Å². The number of hydrogen-bond acceptors (Lipinski definition) is 4. The number of hydrogen-bond donors (Lipinski definition) is 2. The van der Waals surface area contributed by atoms with Crippen molar-refractivity contribution in [2.75, 3.05) is 5.32 Å². The fraction of sp³-hybridized carbons (Fsp3) is 0.130. The Kier molecular flexibility index (Phi) is 5.02. The number of carbonyl (C=O) groups is 2. The summed E-state index contributed by atoms with van der Waals surface area (Å²) in [7, 11) is 0. The molecule has 0 aromatic heterocycles. The summed E-state index contributed by atoms with van der Waals surface area (Å²) in [5.41, 5.74) is 5.31. The van der Waals surface area contributed by atoms with Gasteiger partial charge in [-0.25, -0.2) is 0 Å². The van der Waals surface area contributed by atoms with Crippen LogP contribution in [0.3, 0.4) is 0 Å². The van der Waals surface area contributed by atoms with Gasteiger partial charge in [0.15, 0.2) is 0 Å². The van der Waals surface area contributed by atoms with Gasteiger partial charge in [-0.05, 0) is 53.8 Å². The number of benzene rings is 3. The van der Waals surface area contributed by atoms with Crippen molar-refractivity contribution in [1.29, 1.82) is 0 Å². The van der Waals surface area contributed by atoms with E-state index in [1.807, 2.05) is 30.3 Å². The Morgan fingerprint density at radius 2 is 1.73 bits per heavy atom. The number of rotatable bonds is 5. The maximum absolute atomic E-state index is 12.6. The van der Waals surface area contributed by atoms with Crippen LogP contribution in [0.15, 0.2) is 66.7 Å². The molecule has 3 aromatic rings. The predicted octanol–water partition coefficient (Wildman–Crippen LogP) is 3.92. The van der Waals surface area contributed by atoms with Crippen LogP contribution in [0.2, 0.25) is 0 Å². The lowest BCUT2D eigenvalue weighted by atomic mass is 10.1. The average molecular weight is 401 g/mol. The average Bonchev–Trinajstić information content (AvgIpc) is 3.11. The van der Waals surface area contributed by atoms with E-state index in [2.05, 4.69) is 22.8 Å². The lowest BCUT2D eigenvalue weighted by Crippen LogP contribution is -2.41. The van der Waals surface area contributed by atoms with E-state index < -0.39 is 16.9 Å². The number of carbonyl (C=O) groups excluding carboxylic acids is 2. The van der Waals surface area contributed by atoms with Gasteiger partial charge in [0.25, 0.3) is 11.6 Å². The van der Waals surface area contributed by atoms with Gasteiger partial charge in [-0.1, -0.05) is 36.4 Å². The molecule has 0 spiro atoms. The molecule has 3 aromatic carbocycles. The molecule has 0 saturated carbocycles. The molecule has 2 N–H and O–H groups in total. The Bertz CT molecular complexity index is 1170. The second-order valence-corrected chi connectivity index (χ2v) is 7.20. The number of nitrogens with zero attached hydrogens (tertiary/aromatic N) is 1. The van der Waals surface area contributed by atoms with Crippen molar-refractivity contribution < 1.29 is 14.5 Å². The number of non-ortho nitro benzene ring substituents is 1. The van der Waals surface area contributed by atoms with Gasteiger partial charge in [-0.15, -0.1) is 0 Å². The van der Waals surface area contributed by atoms with Crippen molar-refractivity contribution in [3.63, 3.8) is 0 Å². The lowest BCUT2D eigenvalue weighted by Gasteiger charge is -2.15. The molecule has 2 amide bonds. The second-order valence-electron chi connectivity index (χ2n) is 7.20. The van der Waals surface area contributed by atoms with E-state index in [1.165, 1.54) is 35.4 Å². The molecule has 1 atom stereocenters. The number of anilines is 1. The summed E-state index contributed by atoms with van der Waals surface area (Å²) in [6.07, 6.45) is 0.870. The number of nitro benzene ring substituents is 1. The Morgan fingerprint density at radius 1 is 0.967 bits per heavy atom. The monoisotopic (exact) mass is 401 g/mol. The fourth-order valence-electron chi connectivity index (χ4n) is 3.56. The van der Waals surface area contributed by atoms with Crippen molar-refractivity contribution >= 4 is 23.2 Å². The lowest BCUT2D eigenvalue weighted by molar-refractivity contribution is -0.384. The summed E-state index contributed by atoms with van der Waals surface area (Å²) in [5.74, 6) is -0.927. The third-order valence-electron chi connectivity index (χ3n) is 5.13. The van der Waals surface area contributed by atoms with Crippen molar-refractivity contribution in [3.05, 3.63) is 93.5 Å². The zero-order chi connectivity index (χ0) is 21.3. The molecule has 0 unspecified atom stereocenters. The highest BCUT2D eigenvalue weighted by molar-refractivity contribution is 6.01. The highest BCUT2D eigenvalue weighted by atomic mass is 16.6. The van der Waals surface area contributed by atoms with Gasteiger partial charge in [0.05, 0.1) is 4.92 Å². The van der Waals surface area contributed by atoms with Gasteiger partial charge < -0.3 is 10.6 Å². The van der Waals surface area contributed by atoms with Gasteiger partial charge in [-0.3, -0.25) is 19.7 Å². The Hall–Kier alpha value is -4.00. The van der Waals surface area contributed by atoms with Crippen LogP contribution in [0.4, 0.5) is 11.4 Å². The van der Waals surface area contributed by atoms with Crippen LogP contribution in [0.25, 0.3) is 11.1 Å². The van der Waals surface area contributed by atoms with E-state index in [0.29, 0.717) is 5.69 Å². The first-order valence-electron chi connectivity index (χ1n) is 9.50. The highest BCUT2D eigenvalue weighted by Crippen LogP contribution is 2.37. The zero-order valence-electron chi connectivity index (χ0n) is 16.2. The maximum Gasteiger partial charge on any atom is 0.270 e. The summed E-state index contributed by atoms with van der Waals surface area (Å²) >= 11 is 0. The standard InChI is InChI=1S/C23H19N3O4/c1-14(24-23(28)17-6-4-7-19(12-17)26(29)30)22(27)25-18-10-9-16-11-15-5-2-3-8-20(15)21(16)13-18/h2-10,12-14H,11H2,1H3,(H,24,28)(H,25,27)/t14-/m0/s1. The normalized spacial score (nSPS) is 12.4. The predicted molar refractivity (Wildman–Crippen MR) is 113 cm³/mol. The molecule has 1 aliphatic carbocycles. The van der Waals surface area contributed by atoms with Crippen LogP contribution in [0, 0.1) is 10.1 Å². The molecule has 0 saturated heterocycles. The molecule has 0 heterocycles. The second kappa shape index (κ2) is 7.79. The molecular weight excluding hydrogens is 382 g/mol. The number of nitrogens with one attached hydrogen (secondary N) is 2. The van der Waals surface area contributed by atoms with Gasteiger partial charge in [0.1, 0.15) is 6.04 Å². The number of fused-ring (bicyclic) bond motifs is 3. The van der Waals surface area contributed by atoms with E-state index in [9.17, 15) is 19.7 Å². The minimum Gasteiger partial charge on any atom is -0.341 e. The molecule has 0 bridgehead atoms. The van der Waals surface area contributed by atoms with Gasteiger partial charge in [0.2, 0.25) is 5.91 Å². The molecule has 7 nitrogen and oxygen atoms in total. The molecular formula is C23H19N3O4. The summed E-state index contributed by atoms with van der Waals surface area (Å²) in [4.78, 5) is 35.2.